The summed E-state index contributed by atoms with van der Waals surface area (Å²) in [5.41, 5.74) is 1.61. The maximum atomic E-state index is 13.9. The summed E-state index contributed by atoms with van der Waals surface area (Å²) in [5, 5.41) is 4.14. The van der Waals surface area contributed by atoms with Gasteiger partial charge in [0.05, 0.1) is 11.7 Å². The van der Waals surface area contributed by atoms with Crippen molar-refractivity contribution >= 4 is 21.6 Å². The van der Waals surface area contributed by atoms with Crippen molar-refractivity contribution in [1.29, 1.82) is 0 Å². The maximum Gasteiger partial charge on any atom is 0.262 e. The van der Waals surface area contributed by atoms with Crippen LogP contribution in [-0.4, -0.2) is 41.1 Å². The van der Waals surface area contributed by atoms with Crippen molar-refractivity contribution in [3.63, 3.8) is 0 Å². The molecule has 0 saturated carbocycles. The number of halogens is 2. The molecule has 0 amide bonds. The van der Waals surface area contributed by atoms with Gasteiger partial charge in [-0.05, 0) is 45.0 Å². The molecular weight excluding hydrogens is 394 g/mol. The van der Waals surface area contributed by atoms with Crippen LogP contribution in [0.3, 0.4) is 0 Å². The van der Waals surface area contributed by atoms with Gasteiger partial charge >= 0.3 is 0 Å². The van der Waals surface area contributed by atoms with Gasteiger partial charge in [0.1, 0.15) is 16.5 Å². The van der Waals surface area contributed by atoms with Crippen molar-refractivity contribution in [3.05, 3.63) is 62.5 Å². The van der Waals surface area contributed by atoms with E-state index in [0.29, 0.717) is 18.7 Å². The number of benzene rings is 1. The molecule has 1 aliphatic rings. The highest BCUT2D eigenvalue weighted by molar-refractivity contribution is 7.18. The highest BCUT2D eigenvalue weighted by Gasteiger charge is 2.25. The standard InChI is InChI=1S/C21H24F2N4OS/c1-26(2)7-8-27-12-25-20-19(21(27)28)16-6-5-15(10-18(16)29-20)24-11-13-3-4-14(22)9-17(13)23/h3-4,9,12,15,24H,5-8,10-11H2,1-2H3. The molecule has 0 spiro atoms. The van der Waals surface area contributed by atoms with Gasteiger partial charge in [0.15, 0.2) is 0 Å². The minimum atomic E-state index is -0.567. The molecule has 5 nitrogen and oxygen atoms in total. The van der Waals surface area contributed by atoms with Crippen molar-refractivity contribution in [1.82, 2.24) is 19.8 Å². The third kappa shape index (κ3) is 4.24. The van der Waals surface area contributed by atoms with E-state index in [1.807, 2.05) is 19.0 Å². The molecule has 29 heavy (non-hydrogen) atoms. The first kappa shape index (κ1) is 20.1. The van der Waals surface area contributed by atoms with E-state index in [0.717, 1.165) is 47.7 Å². The fraction of sp³-hybridized carbons (Fsp3) is 0.429. The van der Waals surface area contributed by atoms with Gasteiger partial charge in [-0.25, -0.2) is 13.8 Å². The summed E-state index contributed by atoms with van der Waals surface area (Å²) in [6.07, 6.45) is 4.10. The molecule has 2 heterocycles. The zero-order chi connectivity index (χ0) is 20.5. The molecule has 0 fully saturated rings. The molecule has 0 aliphatic heterocycles. The van der Waals surface area contributed by atoms with Crippen LogP contribution in [0.4, 0.5) is 8.78 Å². The second kappa shape index (κ2) is 8.30. The van der Waals surface area contributed by atoms with Crippen LogP contribution in [0.5, 0.6) is 0 Å². The van der Waals surface area contributed by atoms with Crippen molar-refractivity contribution in [2.75, 3.05) is 20.6 Å². The van der Waals surface area contributed by atoms with Gasteiger partial charge in [0.25, 0.3) is 5.56 Å². The zero-order valence-electron chi connectivity index (χ0n) is 16.5. The predicted octanol–water partition coefficient (Wildman–Crippen LogP) is 2.94. The number of aryl methyl sites for hydroxylation is 1. The topological polar surface area (TPSA) is 50.2 Å². The molecule has 154 valence electrons. The second-order valence-electron chi connectivity index (χ2n) is 7.79. The van der Waals surface area contributed by atoms with Crippen molar-refractivity contribution in [2.24, 2.45) is 0 Å². The summed E-state index contributed by atoms with van der Waals surface area (Å²) >= 11 is 1.58. The SMILES string of the molecule is CN(C)CCn1cnc2sc3c(c2c1=O)CCC(NCc1ccc(F)cc1F)C3. The highest BCUT2D eigenvalue weighted by Crippen LogP contribution is 2.33. The molecule has 3 aromatic rings. The van der Waals surface area contributed by atoms with Gasteiger partial charge in [-0.3, -0.25) is 9.36 Å². The smallest absolute Gasteiger partial charge is 0.262 e. The first-order valence-corrected chi connectivity index (χ1v) is 10.6. The Balaban J connectivity index is 1.51. The van der Waals surface area contributed by atoms with E-state index < -0.39 is 11.6 Å². The Kier molecular flexibility index (Phi) is 5.76. The summed E-state index contributed by atoms with van der Waals surface area (Å²) in [5.74, 6) is -1.10. The number of rotatable bonds is 6. The van der Waals surface area contributed by atoms with Gasteiger partial charge in [-0.1, -0.05) is 6.07 Å². The molecule has 1 aromatic carbocycles. The number of hydrogen-bond acceptors (Lipinski definition) is 5. The molecule has 1 N–H and O–H groups in total. The zero-order valence-corrected chi connectivity index (χ0v) is 17.4. The van der Waals surface area contributed by atoms with Crippen LogP contribution in [-0.2, 0) is 25.9 Å². The van der Waals surface area contributed by atoms with Crippen molar-refractivity contribution in [2.45, 2.75) is 38.4 Å². The molecule has 2 aromatic heterocycles. The van der Waals surface area contributed by atoms with E-state index in [1.54, 1.807) is 22.2 Å². The summed E-state index contributed by atoms with van der Waals surface area (Å²) in [7, 11) is 3.96. The van der Waals surface area contributed by atoms with Crippen LogP contribution in [0.2, 0.25) is 0 Å². The normalized spacial score (nSPS) is 16.5. The number of fused-ring (bicyclic) bond motifs is 3. The molecule has 8 heteroatoms. The Morgan fingerprint density at radius 2 is 2.17 bits per heavy atom. The molecule has 4 rings (SSSR count). The molecule has 1 unspecified atom stereocenters. The summed E-state index contributed by atoms with van der Waals surface area (Å²) in [6.45, 7) is 1.75. The average molecular weight is 419 g/mol. The van der Waals surface area contributed by atoms with Crippen LogP contribution in [0.15, 0.2) is 29.3 Å². The molecule has 0 bridgehead atoms. The molecular formula is C21H24F2N4OS. The minimum absolute atomic E-state index is 0.0362. The summed E-state index contributed by atoms with van der Waals surface area (Å²) in [4.78, 5) is 21.5. The second-order valence-corrected chi connectivity index (χ2v) is 8.87. The number of thiophene rings is 1. The Morgan fingerprint density at radius 1 is 1.34 bits per heavy atom. The third-order valence-electron chi connectivity index (χ3n) is 5.42. The molecule has 0 saturated heterocycles. The Morgan fingerprint density at radius 3 is 2.93 bits per heavy atom. The number of nitrogens with one attached hydrogen (secondary N) is 1. The average Bonchev–Trinajstić information content (AvgIpc) is 3.05. The van der Waals surface area contributed by atoms with Gasteiger partial charge < -0.3 is 10.2 Å². The van der Waals surface area contributed by atoms with Crippen molar-refractivity contribution in [3.8, 4) is 0 Å². The van der Waals surface area contributed by atoms with E-state index in [-0.39, 0.29) is 11.6 Å². The summed E-state index contributed by atoms with van der Waals surface area (Å²) < 4.78 is 28.6. The van der Waals surface area contributed by atoms with E-state index in [2.05, 4.69) is 10.3 Å². The predicted molar refractivity (Wildman–Crippen MR) is 111 cm³/mol. The van der Waals surface area contributed by atoms with E-state index >= 15 is 0 Å². The number of likely N-dealkylation sites (N-methyl/N-ethyl adjacent to an activating group) is 1. The van der Waals surface area contributed by atoms with Crippen LogP contribution in [0, 0.1) is 11.6 Å². The lowest BCUT2D eigenvalue weighted by Gasteiger charge is -2.23. The highest BCUT2D eigenvalue weighted by atomic mass is 32.1. The first-order chi connectivity index (χ1) is 13.9. The first-order valence-electron chi connectivity index (χ1n) is 9.74. The number of hydrogen-bond donors (Lipinski definition) is 1. The van der Waals surface area contributed by atoms with Crippen molar-refractivity contribution < 1.29 is 8.78 Å². The lowest BCUT2D eigenvalue weighted by molar-refractivity contribution is 0.380. The van der Waals surface area contributed by atoms with E-state index in [4.69, 9.17) is 0 Å². The quantitative estimate of drug-likeness (QED) is 0.669. The van der Waals surface area contributed by atoms with Gasteiger partial charge in [0.2, 0.25) is 0 Å². The van der Waals surface area contributed by atoms with Gasteiger partial charge in [-0.2, -0.15) is 0 Å². The fourth-order valence-corrected chi connectivity index (χ4v) is 5.02. The van der Waals surface area contributed by atoms with E-state index in [1.165, 1.54) is 17.0 Å². The maximum absolute atomic E-state index is 13.9. The Hall–Kier alpha value is -2.16. The van der Waals surface area contributed by atoms with Crippen LogP contribution >= 0.6 is 11.3 Å². The Bertz CT molecular complexity index is 1090. The number of aromatic nitrogens is 2. The van der Waals surface area contributed by atoms with Gasteiger partial charge in [0, 0.05) is 42.2 Å². The minimum Gasteiger partial charge on any atom is -0.309 e. The lowest BCUT2D eigenvalue weighted by atomic mass is 9.93. The third-order valence-corrected chi connectivity index (χ3v) is 6.58. The fourth-order valence-electron chi connectivity index (χ4n) is 3.76. The van der Waals surface area contributed by atoms with Crippen LogP contribution in [0.25, 0.3) is 10.2 Å². The monoisotopic (exact) mass is 418 g/mol. The molecule has 1 atom stereocenters. The lowest BCUT2D eigenvalue weighted by Crippen LogP contribution is -2.34. The molecule has 0 radical (unpaired) electrons. The molecule has 1 aliphatic carbocycles. The summed E-state index contributed by atoms with van der Waals surface area (Å²) in [6, 6.07) is 3.86. The van der Waals surface area contributed by atoms with E-state index in [9.17, 15) is 13.6 Å². The Labute approximate surface area is 172 Å². The number of nitrogens with zero attached hydrogens (tertiary/aromatic N) is 3. The van der Waals surface area contributed by atoms with Crippen LogP contribution < -0.4 is 10.9 Å². The van der Waals surface area contributed by atoms with Crippen LogP contribution in [0.1, 0.15) is 22.4 Å². The largest absolute Gasteiger partial charge is 0.309 e. The van der Waals surface area contributed by atoms with Gasteiger partial charge in [-0.15, -0.1) is 11.3 Å².